The molecule has 1 aromatic carbocycles. The van der Waals surface area contributed by atoms with E-state index in [1.54, 1.807) is 0 Å². The fraction of sp³-hybridized carbons (Fsp3) is 0.556. The molecule has 1 fully saturated rings. The summed E-state index contributed by atoms with van der Waals surface area (Å²) in [6.45, 7) is 7.35. The Morgan fingerprint density at radius 2 is 1.96 bits per heavy atom. The molecule has 5 heteroatoms. The summed E-state index contributed by atoms with van der Waals surface area (Å²) < 4.78 is 5.71. The fourth-order valence-corrected chi connectivity index (χ4v) is 3.08. The van der Waals surface area contributed by atoms with Crippen molar-refractivity contribution >= 4 is 5.69 Å². The van der Waals surface area contributed by atoms with Crippen LogP contribution in [0.3, 0.4) is 0 Å². The minimum absolute atomic E-state index is 0.106. The highest BCUT2D eigenvalue weighted by molar-refractivity contribution is 5.54. The first kappa shape index (κ1) is 16.0. The van der Waals surface area contributed by atoms with Crippen molar-refractivity contribution in [1.82, 2.24) is 15.1 Å². The predicted octanol–water partition coefficient (Wildman–Crippen LogP) is 3.43. The number of para-hydroxylation sites is 1. The molecular formula is C18H26N4O. The normalized spacial score (nSPS) is 16.3. The maximum absolute atomic E-state index is 5.71. The van der Waals surface area contributed by atoms with E-state index in [0.29, 0.717) is 11.8 Å². The summed E-state index contributed by atoms with van der Waals surface area (Å²) >= 11 is 0. The van der Waals surface area contributed by atoms with Crippen LogP contribution < -0.4 is 4.90 Å². The van der Waals surface area contributed by atoms with Crippen molar-refractivity contribution in [3.05, 3.63) is 41.6 Å². The van der Waals surface area contributed by atoms with Crippen LogP contribution in [0.4, 0.5) is 5.69 Å². The highest BCUT2D eigenvalue weighted by Crippen LogP contribution is 2.27. The Balaban J connectivity index is 1.73. The molecule has 1 aromatic heterocycles. The molecule has 0 unspecified atom stereocenters. The number of benzene rings is 1. The Morgan fingerprint density at radius 3 is 2.65 bits per heavy atom. The van der Waals surface area contributed by atoms with E-state index in [2.05, 4.69) is 58.2 Å². The minimum atomic E-state index is 0.106. The molecule has 2 heterocycles. The van der Waals surface area contributed by atoms with E-state index >= 15 is 0 Å². The van der Waals surface area contributed by atoms with E-state index in [-0.39, 0.29) is 6.04 Å². The molecule has 0 spiro atoms. The van der Waals surface area contributed by atoms with Gasteiger partial charge in [0.05, 0.1) is 6.04 Å². The quantitative estimate of drug-likeness (QED) is 0.817. The van der Waals surface area contributed by atoms with E-state index in [9.17, 15) is 0 Å². The van der Waals surface area contributed by atoms with Gasteiger partial charge in [0.2, 0.25) is 11.8 Å². The molecule has 2 aromatic rings. The largest absolute Gasteiger partial charge is 0.424 e. The average molecular weight is 314 g/mol. The van der Waals surface area contributed by atoms with Crippen molar-refractivity contribution in [2.24, 2.45) is 0 Å². The zero-order chi connectivity index (χ0) is 16.2. The summed E-state index contributed by atoms with van der Waals surface area (Å²) in [6.07, 6.45) is 3.37. The van der Waals surface area contributed by atoms with Crippen molar-refractivity contribution in [2.75, 3.05) is 25.0 Å². The van der Waals surface area contributed by atoms with Crippen molar-refractivity contribution in [3.63, 3.8) is 0 Å². The summed E-state index contributed by atoms with van der Waals surface area (Å²) in [6, 6.07) is 8.82. The summed E-state index contributed by atoms with van der Waals surface area (Å²) in [5, 5.41) is 8.25. The summed E-state index contributed by atoms with van der Waals surface area (Å²) in [4.78, 5) is 4.76. The van der Waals surface area contributed by atoms with Gasteiger partial charge in [0.15, 0.2) is 0 Å². The zero-order valence-corrected chi connectivity index (χ0v) is 14.3. The molecule has 23 heavy (non-hydrogen) atoms. The fourth-order valence-electron chi connectivity index (χ4n) is 3.08. The van der Waals surface area contributed by atoms with Gasteiger partial charge in [0.25, 0.3) is 0 Å². The molecule has 0 saturated carbocycles. The third-order valence-electron chi connectivity index (χ3n) is 4.66. The molecular weight excluding hydrogens is 288 g/mol. The summed E-state index contributed by atoms with van der Waals surface area (Å²) in [5.41, 5.74) is 2.72. The molecule has 124 valence electrons. The minimum Gasteiger partial charge on any atom is -0.424 e. The predicted molar refractivity (Wildman–Crippen MR) is 91.4 cm³/mol. The van der Waals surface area contributed by atoms with Gasteiger partial charge in [0.1, 0.15) is 0 Å². The van der Waals surface area contributed by atoms with Crippen LogP contribution in [0.15, 0.2) is 28.7 Å². The highest BCUT2D eigenvalue weighted by atomic mass is 16.4. The molecule has 0 bridgehead atoms. The molecule has 0 amide bonds. The van der Waals surface area contributed by atoms with Gasteiger partial charge in [0, 0.05) is 31.7 Å². The topological polar surface area (TPSA) is 45.4 Å². The molecule has 1 saturated heterocycles. The Hall–Kier alpha value is -1.88. The van der Waals surface area contributed by atoms with Gasteiger partial charge in [-0.3, -0.25) is 4.90 Å². The van der Waals surface area contributed by atoms with Crippen molar-refractivity contribution in [3.8, 4) is 0 Å². The molecule has 1 atom stereocenters. The number of hydrogen-bond acceptors (Lipinski definition) is 5. The van der Waals surface area contributed by atoms with E-state index in [4.69, 9.17) is 4.42 Å². The van der Waals surface area contributed by atoms with Crippen LogP contribution in [0, 0.1) is 0 Å². The second kappa shape index (κ2) is 7.13. The van der Waals surface area contributed by atoms with Crippen LogP contribution >= 0.6 is 0 Å². The smallest absolute Gasteiger partial charge is 0.233 e. The monoisotopic (exact) mass is 314 g/mol. The molecule has 0 N–H and O–H groups in total. The number of aromatic nitrogens is 2. The Kier molecular flexibility index (Phi) is 4.96. The molecule has 0 radical (unpaired) electrons. The Morgan fingerprint density at radius 1 is 1.22 bits per heavy atom. The maximum atomic E-state index is 5.71. The van der Waals surface area contributed by atoms with E-state index in [1.807, 2.05) is 6.92 Å². The SMILES string of the molecule is CCc1nnc([C@@H](C)N(C)Cc2ccccc2N2CCCC2)o1. The van der Waals surface area contributed by atoms with E-state index in [1.165, 1.54) is 37.2 Å². The molecule has 1 aliphatic heterocycles. The van der Waals surface area contributed by atoms with Crippen LogP contribution in [0.5, 0.6) is 0 Å². The van der Waals surface area contributed by atoms with Crippen molar-refractivity contribution in [2.45, 2.75) is 45.7 Å². The standard InChI is InChI=1S/C18H26N4O/c1-4-17-19-20-18(23-17)14(2)21(3)13-15-9-5-6-10-16(15)22-11-7-8-12-22/h5-6,9-10,14H,4,7-8,11-13H2,1-3H3/t14-/m1/s1. The van der Waals surface area contributed by atoms with Crippen molar-refractivity contribution < 1.29 is 4.42 Å². The Labute approximate surface area is 138 Å². The molecule has 3 rings (SSSR count). The van der Waals surface area contributed by atoms with Gasteiger partial charge >= 0.3 is 0 Å². The third kappa shape index (κ3) is 3.55. The lowest BCUT2D eigenvalue weighted by Gasteiger charge is -2.26. The van der Waals surface area contributed by atoms with Crippen LogP contribution in [0.1, 0.15) is 50.1 Å². The maximum Gasteiger partial charge on any atom is 0.233 e. The van der Waals surface area contributed by atoms with Gasteiger partial charge in [-0.25, -0.2) is 0 Å². The zero-order valence-electron chi connectivity index (χ0n) is 14.3. The highest BCUT2D eigenvalue weighted by Gasteiger charge is 2.21. The number of hydrogen-bond donors (Lipinski definition) is 0. The molecule has 0 aliphatic carbocycles. The van der Waals surface area contributed by atoms with E-state index in [0.717, 1.165) is 13.0 Å². The first-order valence-corrected chi connectivity index (χ1v) is 8.54. The first-order valence-electron chi connectivity index (χ1n) is 8.54. The van der Waals surface area contributed by atoms with Crippen LogP contribution in [0.2, 0.25) is 0 Å². The van der Waals surface area contributed by atoms with E-state index < -0.39 is 0 Å². The lowest BCUT2D eigenvalue weighted by atomic mass is 10.1. The van der Waals surface area contributed by atoms with Gasteiger partial charge in [-0.15, -0.1) is 10.2 Å². The van der Waals surface area contributed by atoms with Gasteiger partial charge < -0.3 is 9.32 Å². The summed E-state index contributed by atoms with van der Waals surface area (Å²) in [7, 11) is 2.11. The third-order valence-corrected chi connectivity index (χ3v) is 4.66. The van der Waals surface area contributed by atoms with Gasteiger partial charge in [-0.1, -0.05) is 25.1 Å². The average Bonchev–Trinajstić information content (AvgIpc) is 3.26. The lowest BCUT2D eigenvalue weighted by Crippen LogP contribution is -2.25. The van der Waals surface area contributed by atoms with Crippen LogP contribution in [-0.4, -0.2) is 35.2 Å². The van der Waals surface area contributed by atoms with Gasteiger partial charge in [-0.05, 0) is 38.4 Å². The lowest BCUT2D eigenvalue weighted by molar-refractivity contribution is 0.214. The number of anilines is 1. The summed E-state index contributed by atoms with van der Waals surface area (Å²) in [5.74, 6) is 1.40. The number of nitrogens with zero attached hydrogens (tertiary/aromatic N) is 4. The van der Waals surface area contributed by atoms with Gasteiger partial charge in [-0.2, -0.15) is 0 Å². The van der Waals surface area contributed by atoms with Crippen LogP contribution in [-0.2, 0) is 13.0 Å². The van der Waals surface area contributed by atoms with Crippen LogP contribution in [0.25, 0.3) is 0 Å². The van der Waals surface area contributed by atoms with Crippen molar-refractivity contribution in [1.29, 1.82) is 0 Å². The second-order valence-corrected chi connectivity index (χ2v) is 6.30. The second-order valence-electron chi connectivity index (χ2n) is 6.30. The first-order chi connectivity index (χ1) is 11.2. The molecule has 1 aliphatic rings. The number of rotatable bonds is 6. The number of aryl methyl sites for hydroxylation is 1. The molecule has 5 nitrogen and oxygen atoms in total. The Bertz CT molecular complexity index is 633.